The molecule has 7 heteroatoms. The van der Waals surface area contributed by atoms with E-state index in [4.69, 9.17) is 4.74 Å². The van der Waals surface area contributed by atoms with Crippen molar-refractivity contribution in [1.82, 2.24) is 4.72 Å². The second kappa shape index (κ2) is 9.15. The number of anilines is 1. The molecule has 1 aromatic rings. The Morgan fingerprint density at radius 1 is 1.21 bits per heavy atom. The van der Waals surface area contributed by atoms with Crippen LogP contribution in [0.5, 0.6) is 0 Å². The summed E-state index contributed by atoms with van der Waals surface area (Å²) < 4.78 is 32.3. The predicted molar refractivity (Wildman–Crippen MR) is 93.4 cm³/mol. The van der Waals surface area contributed by atoms with Crippen LogP contribution in [-0.2, 0) is 19.6 Å². The lowest BCUT2D eigenvalue weighted by molar-refractivity contribution is -0.124. The summed E-state index contributed by atoms with van der Waals surface area (Å²) in [7, 11) is -3.50. The normalized spacial score (nSPS) is 17.8. The molecule has 1 atom stereocenters. The number of benzene rings is 1. The molecule has 1 saturated heterocycles. The largest absolute Gasteiger partial charge is 0.368 e. The zero-order valence-electron chi connectivity index (χ0n) is 14.1. The highest BCUT2D eigenvalue weighted by atomic mass is 32.2. The van der Waals surface area contributed by atoms with E-state index in [2.05, 4.69) is 17.0 Å². The summed E-state index contributed by atoms with van der Waals surface area (Å²) in [5.74, 6) is -0.183. The van der Waals surface area contributed by atoms with E-state index in [9.17, 15) is 13.2 Å². The van der Waals surface area contributed by atoms with E-state index in [1.54, 1.807) is 12.1 Å². The van der Waals surface area contributed by atoms with Crippen molar-refractivity contribution < 1.29 is 17.9 Å². The molecule has 1 fully saturated rings. The quantitative estimate of drug-likeness (QED) is 0.668. The minimum atomic E-state index is -3.50. The summed E-state index contributed by atoms with van der Waals surface area (Å²) in [5.41, 5.74) is 0.567. The lowest BCUT2D eigenvalue weighted by Crippen LogP contribution is -2.27. The van der Waals surface area contributed by atoms with Crippen molar-refractivity contribution in [2.45, 2.75) is 56.4 Å². The molecule has 1 aliphatic rings. The molecule has 1 heterocycles. The predicted octanol–water partition coefficient (Wildman–Crippen LogP) is 2.66. The number of sulfonamides is 1. The summed E-state index contributed by atoms with van der Waals surface area (Å²) in [6, 6.07) is 6.19. The van der Waals surface area contributed by atoms with Gasteiger partial charge in [-0.15, -0.1) is 0 Å². The molecule has 2 rings (SSSR count). The Bertz CT molecular complexity index is 622. The van der Waals surface area contributed by atoms with Crippen molar-refractivity contribution in [1.29, 1.82) is 0 Å². The molecule has 0 spiro atoms. The second-order valence-corrected chi connectivity index (χ2v) is 7.74. The van der Waals surface area contributed by atoms with Gasteiger partial charge in [0, 0.05) is 18.8 Å². The van der Waals surface area contributed by atoms with Gasteiger partial charge in [-0.05, 0) is 43.5 Å². The average molecular weight is 354 g/mol. The lowest BCUT2D eigenvalue weighted by atomic mass is 10.2. The van der Waals surface area contributed by atoms with E-state index in [1.807, 2.05) is 0 Å². The molecule has 2 N–H and O–H groups in total. The summed E-state index contributed by atoms with van der Waals surface area (Å²) in [6.07, 6.45) is 5.29. The van der Waals surface area contributed by atoms with Crippen LogP contribution in [-0.4, -0.2) is 33.6 Å². The van der Waals surface area contributed by atoms with E-state index in [-0.39, 0.29) is 10.8 Å². The van der Waals surface area contributed by atoms with Gasteiger partial charge in [0.05, 0.1) is 4.90 Å². The first kappa shape index (κ1) is 18.9. The third-order valence-corrected chi connectivity index (χ3v) is 5.45. The van der Waals surface area contributed by atoms with Crippen molar-refractivity contribution in [3.63, 3.8) is 0 Å². The SMILES string of the molecule is CCCCCCNS(=O)(=O)c1ccc(NC(=O)C2CCCO2)cc1. The Hall–Kier alpha value is -1.44. The van der Waals surface area contributed by atoms with E-state index < -0.39 is 16.1 Å². The summed E-state index contributed by atoms with van der Waals surface area (Å²) in [5, 5.41) is 2.75. The molecule has 1 aromatic carbocycles. The first-order chi connectivity index (χ1) is 11.5. The number of hydrogen-bond acceptors (Lipinski definition) is 4. The molecule has 0 aromatic heterocycles. The fourth-order valence-electron chi connectivity index (χ4n) is 2.57. The molecule has 1 unspecified atom stereocenters. The highest BCUT2D eigenvalue weighted by Gasteiger charge is 2.23. The average Bonchev–Trinajstić information content (AvgIpc) is 3.10. The Morgan fingerprint density at radius 2 is 1.96 bits per heavy atom. The Morgan fingerprint density at radius 3 is 2.58 bits per heavy atom. The molecule has 6 nitrogen and oxygen atoms in total. The van der Waals surface area contributed by atoms with Gasteiger partial charge in [0.15, 0.2) is 0 Å². The van der Waals surface area contributed by atoms with Crippen LogP contribution in [0.15, 0.2) is 29.2 Å². The van der Waals surface area contributed by atoms with Gasteiger partial charge >= 0.3 is 0 Å². The number of carbonyl (C=O) groups is 1. The van der Waals surface area contributed by atoms with Crippen molar-refractivity contribution in [2.24, 2.45) is 0 Å². The molecule has 1 amide bonds. The van der Waals surface area contributed by atoms with Crippen LogP contribution in [0.3, 0.4) is 0 Å². The molecule has 24 heavy (non-hydrogen) atoms. The second-order valence-electron chi connectivity index (χ2n) is 5.97. The number of rotatable bonds is 9. The van der Waals surface area contributed by atoms with Crippen molar-refractivity contribution in [3.05, 3.63) is 24.3 Å². The Balaban J connectivity index is 1.86. The van der Waals surface area contributed by atoms with Gasteiger partial charge in [-0.1, -0.05) is 26.2 Å². The van der Waals surface area contributed by atoms with Gasteiger partial charge in [-0.3, -0.25) is 4.79 Å². The molecular formula is C17H26N2O4S. The van der Waals surface area contributed by atoms with Crippen LogP contribution in [0.4, 0.5) is 5.69 Å². The first-order valence-corrected chi connectivity index (χ1v) is 10.0. The summed E-state index contributed by atoms with van der Waals surface area (Å²) >= 11 is 0. The Kier molecular flexibility index (Phi) is 7.20. The van der Waals surface area contributed by atoms with Gasteiger partial charge in [-0.2, -0.15) is 0 Å². The molecule has 0 bridgehead atoms. The number of nitrogens with one attached hydrogen (secondary N) is 2. The molecule has 0 aliphatic carbocycles. The van der Waals surface area contributed by atoms with Gasteiger partial charge in [0.25, 0.3) is 5.91 Å². The van der Waals surface area contributed by atoms with Crippen LogP contribution in [0.1, 0.15) is 45.4 Å². The van der Waals surface area contributed by atoms with Crippen molar-refractivity contribution in [2.75, 3.05) is 18.5 Å². The fourth-order valence-corrected chi connectivity index (χ4v) is 3.64. The van der Waals surface area contributed by atoms with Crippen molar-refractivity contribution in [3.8, 4) is 0 Å². The van der Waals surface area contributed by atoms with Crippen LogP contribution >= 0.6 is 0 Å². The maximum Gasteiger partial charge on any atom is 0.253 e. The maximum atomic E-state index is 12.2. The van der Waals surface area contributed by atoms with Crippen LogP contribution < -0.4 is 10.0 Å². The number of ether oxygens (including phenoxy) is 1. The molecular weight excluding hydrogens is 328 g/mol. The van der Waals surface area contributed by atoms with Crippen LogP contribution in [0.2, 0.25) is 0 Å². The van der Waals surface area contributed by atoms with Gasteiger partial charge < -0.3 is 10.1 Å². The maximum absolute atomic E-state index is 12.2. The van der Waals surface area contributed by atoms with Crippen molar-refractivity contribution >= 4 is 21.6 Å². The standard InChI is InChI=1S/C17H26N2O4S/c1-2-3-4-5-12-18-24(21,22)15-10-8-14(9-11-15)19-17(20)16-7-6-13-23-16/h8-11,16,18H,2-7,12-13H2,1H3,(H,19,20). The number of carbonyl (C=O) groups excluding carboxylic acids is 1. The van der Waals surface area contributed by atoms with Gasteiger partial charge in [0.1, 0.15) is 6.10 Å². The van der Waals surface area contributed by atoms with E-state index >= 15 is 0 Å². The zero-order chi connectivity index (χ0) is 17.4. The molecule has 0 saturated carbocycles. The zero-order valence-corrected chi connectivity index (χ0v) is 14.9. The van der Waals surface area contributed by atoms with Gasteiger partial charge in [0.2, 0.25) is 10.0 Å². The smallest absolute Gasteiger partial charge is 0.253 e. The minimum absolute atomic E-state index is 0.183. The monoisotopic (exact) mass is 354 g/mol. The van der Waals surface area contributed by atoms with E-state index in [0.717, 1.165) is 38.5 Å². The van der Waals surface area contributed by atoms with Gasteiger partial charge in [-0.25, -0.2) is 13.1 Å². The van der Waals surface area contributed by atoms with Crippen LogP contribution in [0, 0.1) is 0 Å². The summed E-state index contributed by atoms with van der Waals surface area (Å²) in [6.45, 7) is 3.17. The van der Waals surface area contributed by atoms with E-state index in [1.165, 1.54) is 12.1 Å². The third-order valence-electron chi connectivity index (χ3n) is 3.98. The highest BCUT2D eigenvalue weighted by Crippen LogP contribution is 2.17. The molecule has 1 aliphatic heterocycles. The number of amides is 1. The minimum Gasteiger partial charge on any atom is -0.368 e. The Labute approximate surface area is 144 Å². The third kappa shape index (κ3) is 5.58. The lowest BCUT2D eigenvalue weighted by Gasteiger charge is -2.11. The summed E-state index contributed by atoms with van der Waals surface area (Å²) in [4.78, 5) is 12.2. The van der Waals surface area contributed by atoms with Crippen LogP contribution in [0.25, 0.3) is 0 Å². The number of unbranched alkanes of at least 4 members (excludes halogenated alkanes) is 3. The topological polar surface area (TPSA) is 84.5 Å². The number of hydrogen-bond donors (Lipinski definition) is 2. The highest BCUT2D eigenvalue weighted by molar-refractivity contribution is 7.89. The van der Waals surface area contributed by atoms with E-state index in [0.29, 0.717) is 18.8 Å². The first-order valence-electron chi connectivity index (χ1n) is 8.55. The molecule has 134 valence electrons. The fraction of sp³-hybridized carbons (Fsp3) is 0.588. The molecule has 0 radical (unpaired) electrons.